The minimum Gasteiger partial charge on any atom is -0.505 e. The van der Waals surface area contributed by atoms with Gasteiger partial charge in [-0.3, -0.25) is 4.55 Å². The summed E-state index contributed by atoms with van der Waals surface area (Å²) in [6.45, 7) is 0. The van der Waals surface area contributed by atoms with Gasteiger partial charge in [0, 0.05) is 9.79 Å². The summed E-state index contributed by atoms with van der Waals surface area (Å²) in [4.78, 5) is 0.377. The fraction of sp³-hybridized carbons (Fsp3) is 0. The van der Waals surface area contributed by atoms with E-state index >= 15 is 0 Å². The lowest BCUT2D eigenvalue weighted by Crippen LogP contribution is -2.02. The normalized spacial score (nSPS) is 12.2. The molecule has 0 amide bonds. The summed E-state index contributed by atoms with van der Waals surface area (Å²) in [6, 6.07) is 14.6. The Morgan fingerprint density at radius 3 is 1.74 bits per heavy atom. The lowest BCUT2D eigenvalue weighted by Gasteiger charge is -2.14. The van der Waals surface area contributed by atoms with Crippen molar-refractivity contribution < 1.29 is 51.9 Å². The zero-order valence-corrected chi connectivity index (χ0v) is 23.7. The third-order valence-electron chi connectivity index (χ3n) is 5.22. The van der Waals surface area contributed by atoms with Crippen LogP contribution in [0.15, 0.2) is 101 Å². The van der Waals surface area contributed by atoms with E-state index < -0.39 is 26.5 Å². The standard InChI is InChI=1S/C22H17N5O11S4/c23-19-18-11(10-17(42(32,33)34)21(19)27-25-13-3-7-15(8-4-13)40-37-31)9-16(41-38-35-29)20(22(18)28)26-24-12-1-5-14(6-2-12)39-36-30/h1-10,28-31H,23H2,(H,32,33,34). The van der Waals surface area contributed by atoms with Gasteiger partial charge in [-0.15, -0.1) is 14.6 Å². The topological polar surface area (TPSA) is 248 Å². The second kappa shape index (κ2) is 14.2. The van der Waals surface area contributed by atoms with Crippen LogP contribution in [0.25, 0.3) is 10.8 Å². The molecule has 0 unspecified atom stereocenters. The highest BCUT2D eigenvalue weighted by Gasteiger charge is 2.25. The predicted molar refractivity (Wildman–Crippen MR) is 151 cm³/mol. The predicted octanol–water partition coefficient (Wildman–Crippen LogP) is 7.63. The number of nitrogens with two attached hydrogens (primary N) is 1. The maximum atomic E-state index is 12.3. The number of hydrogen-bond acceptors (Lipinski definition) is 18. The minimum absolute atomic E-state index is 0.00135. The highest BCUT2D eigenvalue weighted by molar-refractivity contribution is 7.95. The van der Waals surface area contributed by atoms with Gasteiger partial charge in [0.25, 0.3) is 10.1 Å². The van der Waals surface area contributed by atoms with Crippen molar-refractivity contribution in [2.24, 2.45) is 20.5 Å². The average molecular weight is 656 g/mol. The quantitative estimate of drug-likeness (QED) is 0.0214. The maximum Gasteiger partial charge on any atom is 0.296 e. The first-order chi connectivity index (χ1) is 20.2. The van der Waals surface area contributed by atoms with Crippen molar-refractivity contribution in [1.29, 1.82) is 0 Å². The number of benzene rings is 4. The van der Waals surface area contributed by atoms with Crippen molar-refractivity contribution in [3.8, 4) is 5.75 Å². The summed E-state index contributed by atoms with van der Waals surface area (Å²) in [7, 11) is -4.91. The first-order valence-electron chi connectivity index (χ1n) is 10.9. The SMILES string of the molecule is Nc1c(N=Nc2ccc(SOO)cc2)c(S(=O)(=O)O)cc2cc(SOOO)c(N=Nc3ccc(SOO)cc3)c(O)c12. The molecule has 16 nitrogen and oxygen atoms in total. The Bertz CT molecular complexity index is 1740. The molecular weight excluding hydrogens is 639 g/mol. The molecule has 0 aliphatic carbocycles. The molecule has 0 aliphatic heterocycles. The van der Waals surface area contributed by atoms with E-state index in [4.69, 9.17) is 21.5 Å². The van der Waals surface area contributed by atoms with Crippen LogP contribution < -0.4 is 5.73 Å². The van der Waals surface area contributed by atoms with Gasteiger partial charge in [0.05, 0.1) is 63.5 Å². The van der Waals surface area contributed by atoms with Crippen LogP contribution in [0, 0.1) is 0 Å². The third-order valence-corrected chi connectivity index (χ3v) is 7.78. The number of rotatable bonds is 12. The molecular formula is C22H17N5O11S4. The number of azo groups is 2. The molecule has 20 heteroatoms. The van der Waals surface area contributed by atoms with Crippen LogP contribution in [-0.4, -0.2) is 33.8 Å². The Morgan fingerprint density at radius 1 is 0.738 bits per heavy atom. The van der Waals surface area contributed by atoms with Crippen LogP contribution in [-0.2, 0) is 28.2 Å². The lowest BCUT2D eigenvalue weighted by atomic mass is 10.1. The van der Waals surface area contributed by atoms with Crippen LogP contribution >= 0.6 is 36.1 Å². The fourth-order valence-electron chi connectivity index (χ4n) is 3.46. The van der Waals surface area contributed by atoms with Gasteiger partial charge < -0.3 is 10.8 Å². The third kappa shape index (κ3) is 7.52. The van der Waals surface area contributed by atoms with E-state index in [1.165, 1.54) is 42.5 Å². The van der Waals surface area contributed by atoms with E-state index in [2.05, 4.69) is 38.5 Å². The smallest absolute Gasteiger partial charge is 0.296 e. The number of phenols is 1. The first kappa shape index (κ1) is 31.6. The zero-order valence-electron chi connectivity index (χ0n) is 20.5. The molecule has 0 fully saturated rings. The second-order valence-corrected chi connectivity index (χ2v) is 11.4. The van der Waals surface area contributed by atoms with E-state index in [-0.39, 0.29) is 32.7 Å². The van der Waals surface area contributed by atoms with Gasteiger partial charge in [-0.05, 0) is 66.0 Å². The average Bonchev–Trinajstić information content (AvgIpc) is 2.96. The van der Waals surface area contributed by atoms with E-state index in [1.807, 2.05) is 0 Å². The Balaban J connectivity index is 1.86. The molecule has 7 N–H and O–H groups in total. The molecule has 0 atom stereocenters. The molecule has 0 aliphatic rings. The lowest BCUT2D eigenvalue weighted by molar-refractivity contribution is -0.432. The molecule has 4 rings (SSSR count). The Labute approximate surface area is 248 Å². The van der Waals surface area contributed by atoms with Gasteiger partial charge >= 0.3 is 0 Å². The number of fused-ring (bicyclic) bond motifs is 1. The molecule has 220 valence electrons. The number of hydrogen-bond donors (Lipinski definition) is 6. The molecule has 42 heavy (non-hydrogen) atoms. The number of phenolic OH excluding ortho intramolecular Hbond substituents is 1. The van der Waals surface area contributed by atoms with Crippen LogP contribution in [0.2, 0.25) is 0 Å². The summed E-state index contributed by atoms with van der Waals surface area (Å²) >= 11 is 1.79. The van der Waals surface area contributed by atoms with Crippen LogP contribution in [0.1, 0.15) is 0 Å². The molecule has 0 radical (unpaired) electrons. The highest BCUT2D eigenvalue weighted by Crippen LogP contribution is 2.49. The van der Waals surface area contributed by atoms with E-state index in [0.29, 0.717) is 51.6 Å². The molecule has 0 heterocycles. The fourth-order valence-corrected chi connectivity index (χ4v) is 5.29. The zero-order chi connectivity index (χ0) is 30.3. The van der Waals surface area contributed by atoms with E-state index in [0.717, 1.165) is 6.07 Å². The largest absolute Gasteiger partial charge is 0.505 e. The number of nitrogens with zero attached hydrogens (tertiary/aromatic N) is 4. The number of anilines is 1. The summed E-state index contributed by atoms with van der Waals surface area (Å²) < 4.78 is 46.9. The Morgan fingerprint density at radius 2 is 1.26 bits per heavy atom. The summed E-state index contributed by atoms with van der Waals surface area (Å²) in [5.74, 6) is -0.581. The van der Waals surface area contributed by atoms with Crippen LogP contribution in [0.5, 0.6) is 5.75 Å². The second-order valence-electron chi connectivity index (χ2n) is 7.71. The molecule has 0 saturated carbocycles. The number of nitrogen functional groups attached to an aromatic ring is 1. The Kier molecular flexibility index (Phi) is 10.7. The van der Waals surface area contributed by atoms with Crippen molar-refractivity contribution in [3.63, 3.8) is 0 Å². The molecule has 4 aromatic carbocycles. The van der Waals surface area contributed by atoms with Gasteiger partial charge in [-0.25, -0.2) is 15.8 Å². The monoisotopic (exact) mass is 655 g/mol. The van der Waals surface area contributed by atoms with Crippen molar-refractivity contribution in [2.75, 3.05) is 5.73 Å². The van der Waals surface area contributed by atoms with E-state index in [1.54, 1.807) is 12.1 Å². The summed E-state index contributed by atoms with van der Waals surface area (Å²) in [6.07, 6.45) is 0. The first-order valence-corrected chi connectivity index (χ1v) is 14.6. The molecule has 4 aromatic rings. The summed E-state index contributed by atoms with van der Waals surface area (Å²) in [5.41, 5.74) is 5.78. The van der Waals surface area contributed by atoms with Crippen LogP contribution in [0.3, 0.4) is 0 Å². The Hall–Kier alpha value is -3.38. The number of aromatic hydroxyl groups is 1. The molecule has 0 aromatic heterocycles. The van der Waals surface area contributed by atoms with E-state index in [9.17, 15) is 18.1 Å². The maximum absolute atomic E-state index is 12.3. The molecule has 0 spiro atoms. The summed E-state index contributed by atoms with van der Waals surface area (Å²) in [5, 5.41) is 56.5. The minimum atomic E-state index is -4.91. The van der Waals surface area contributed by atoms with Crippen LogP contribution in [0.4, 0.5) is 28.4 Å². The van der Waals surface area contributed by atoms with Gasteiger partial charge in [-0.2, -0.15) is 27.3 Å². The van der Waals surface area contributed by atoms with Crippen molar-refractivity contribution in [3.05, 3.63) is 60.7 Å². The van der Waals surface area contributed by atoms with Crippen molar-refractivity contribution >= 4 is 85.5 Å². The molecule has 0 bridgehead atoms. The van der Waals surface area contributed by atoms with Gasteiger partial charge in [0.15, 0.2) is 5.75 Å². The van der Waals surface area contributed by atoms with Crippen molar-refractivity contribution in [1.82, 2.24) is 0 Å². The van der Waals surface area contributed by atoms with Gasteiger partial charge in [0.2, 0.25) is 0 Å². The van der Waals surface area contributed by atoms with Gasteiger partial charge in [0.1, 0.15) is 16.3 Å². The van der Waals surface area contributed by atoms with Gasteiger partial charge in [-0.1, -0.05) is 5.04 Å². The highest BCUT2D eigenvalue weighted by atomic mass is 32.2. The molecule has 0 saturated heterocycles. The van der Waals surface area contributed by atoms with Crippen molar-refractivity contribution in [2.45, 2.75) is 19.6 Å².